The van der Waals surface area contributed by atoms with Gasteiger partial charge in [0, 0.05) is 17.1 Å². The van der Waals surface area contributed by atoms with Crippen molar-refractivity contribution in [3.63, 3.8) is 0 Å². The van der Waals surface area contributed by atoms with Gasteiger partial charge in [0.1, 0.15) is 0 Å². The second-order valence-corrected chi connectivity index (χ2v) is 5.62. The molecule has 3 amide bonds. The van der Waals surface area contributed by atoms with Gasteiger partial charge in [0.05, 0.1) is 6.54 Å². The number of imide groups is 1. The van der Waals surface area contributed by atoms with E-state index in [4.69, 9.17) is 0 Å². The number of urea groups is 1. The molecule has 5 nitrogen and oxygen atoms in total. The van der Waals surface area contributed by atoms with E-state index in [1.54, 1.807) is 11.8 Å². The lowest BCUT2D eigenvalue weighted by Gasteiger charge is -2.10. The topological polar surface area (TPSA) is 70.2 Å². The summed E-state index contributed by atoms with van der Waals surface area (Å²) in [6, 6.07) is 16.7. The third-order valence-corrected chi connectivity index (χ3v) is 3.89. The number of para-hydroxylation sites is 1. The van der Waals surface area contributed by atoms with E-state index in [0.29, 0.717) is 6.54 Å². The molecule has 6 heteroatoms. The maximum Gasteiger partial charge on any atom is 0.321 e. The largest absolute Gasteiger partial charge is 0.375 e. The number of rotatable bonds is 6. The molecule has 0 aliphatic heterocycles. The highest BCUT2D eigenvalue weighted by Crippen LogP contribution is 2.24. The number of carbonyl (C=O) groups excluding carboxylic acids is 2. The summed E-state index contributed by atoms with van der Waals surface area (Å²) in [7, 11) is 0. The lowest BCUT2D eigenvalue weighted by Crippen LogP contribution is -2.41. The van der Waals surface area contributed by atoms with Crippen LogP contribution in [0.1, 0.15) is 5.56 Å². The van der Waals surface area contributed by atoms with Crippen molar-refractivity contribution in [1.82, 2.24) is 10.6 Å². The normalized spacial score (nSPS) is 9.96. The standard InChI is InChI=1S/C17H19N3O2S/c1-23-15-10-6-5-9-14(15)18-12-16(21)20-17(22)19-11-13-7-3-2-4-8-13/h2-10,18H,11-12H2,1H3,(H2,19,20,21,22). The van der Waals surface area contributed by atoms with E-state index in [0.717, 1.165) is 16.1 Å². The lowest BCUT2D eigenvalue weighted by molar-refractivity contribution is -0.118. The molecular formula is C17H19N3O2S. The Morgan fingerprint density at radius 3 is 2.43 bits per heavy atom. The van der Waals surface area contributed by atoms with Crippen molar-refractivity contribution in [2.75, 3.05) is 18.1 Å². The summed E-state index contributed by atoms with van der Waals surface area (Å²) in [6.07, 6.45) is 1.97. The van der Waals surface area contributed by atoms with E-state index in [-0.39, 0.29) is 12.5 Å². The maximum atomic E-state index is 11.8. The van der Waals surface area contributed by atoms with Gasteiger partial charge in [-0.15, -0.1) is 11.8 Å². The van der Waals surface area contributed by atoms with Crippen LogP contribution in [-0.4, -0.2) is 24.7 Å². The molecule has 0 aliphatic rings. The lowest BCUT2D eigenvalue weighted by atomic mass is 10.2. The van der Waals surface area contributed by atoms with E-state index in [2.05, 4.69) is 16.0 Å². The van der Waals surface area contributed by atoms with Crippen molar-refractivity contribution in [2.45, 2.75) is 11.4 Å². The van der Waals surface area contributed by atoms with Crippen LogP contribution in [0.3, 0.4) is 0 Å². The Bertz CT molecular complexity index is 662. The maximum absolute atomic E-state index is 11.8. The van der Waals surface area contributed by atoms with Gasteiger partial charge in [0.25, 0.3) is 0 Å². The van der Waals surface area contributed by atoms with Gasteiger partial charge in [0.2, 0.25) is 5.91 Å². The number of nitrogens with one attached hydrogen (secondary N) is 3. The van der Waals surface area contributed by atoms with Crippen LogP contribution in [0, 0.1) is 0 Å². The molecule has 0 aliphatic carbocycles. The van der Waals surface area contributed by atoms with Gasteiger partial charge < -0.3 is 10.6 Å². The molecule has 0 unspecified atom stereocenters. The summed E-state index contributed by atoms with van der Waals surface area (Å²) in [5, 5.41) is 7.98. The monoisotopic (exact) mass is 329 g/mol. The van der Waals surface area contributed by atoms with Crippen LogP contribution in [0.25, 0.3) is 0 Å². The number of carbonyl (C=O) groups is 2. The molecular weight excluding hydrogens is 310 g/mol. The predicted octanol–water partition coefficient (Wildman–Crippen LogP) is 2.85. The highest BCUT2D eigenvalue weighted by molar-refractivity contribution is 7.98. The van der Waals surface area contributed by atoms with Crippen molar-refractivity contribution >= 4 is 29.4 Å². The Morgan fingerprint density at radius 2 is 1.70 bits per heavy atom. The van der Waals surface area contributed by atoms with Gasteiger partial charge in [-0.2, -0.15) is 0 Å². The van der Waals surface area contributed by atoms with E-state index in [9.17, 15) is 9.59 Å². The van der Waals surface area contributed by atoms with Crippen LogP contribution in [-0.2, 0) is 11.3 Å². The molecule has 23 heavy (non-hydrogen) atoms. The second-order valence-electron chi connectivity index (χ2n) is 4.77. The number of hydrogen-bond acceptors (Lipinski definition) is 4. The molecule has 0 atom stereocenters. The van der Waals surface area contributed by atoms with Crippen molar-refractivity contribution in [2.24, 2.45) is 0 Å². The Balaban J connectivity index is 1.75. The zero-order chi connectivity index (χ0) is 16.5. The van der Waals surface area contributed by atoms with E-state index >= 15 is 0 Å². The van der Waals surface area contributed by atoms with Gasteiger partial charge in [-0.25, -0.2) is 4.79 Å². The molecule has 2 aromatic rings. The molecule has 0 aromatic heterocycles. The highest BCUT2D eigenvalue weighted by atomic mass is 32.2. The first-order chi connectivity index (χ1) is 11.2. The zero-order valence-corrected chi connectivity index (χ0v) is 13.7. The summed E-state index contributed by atoms with van der Waals surface area (Å²) in [6.45, 7) is 0.416. The van der Waals surface area contributed by atoms with Crippen LogP contribution in [0.5, 0.6) is 0 Å². The molecule has 0 saturated carbocycles. The van der Waals surface area contributed by atoms with Gasteiger partial charge >= 0.3 is 6.03 Å². The second kappa shape index (κ2) is 8.85. The smallest absolute Gasteiger partial charge is 0.321 e. The Labute approximate surface area is 139 Å². The summed E-state index contributed by atoms with van der Waals surface area (Å²) < 4.78 is 0. The van der Waals surface area contributed by atoms with Crippen LogP contribution >= 0.6 is 11.8 Å². The first-order valence-corrected chi connectivity index (χ1v) is 8.40. The fourth-order valence-electron chi connectivity index (χ4n) is 1.96. The van der Waals surface area contributed by atoms with Crippen molar-refractivity contribution in [3.8, 4) is 0 Å². The highest BCUT2D eigenvalue weighted by Gasteiger charge is 2.08. The van der Waals surface area contributed by atoms with Crippen molar-refractivity contribution in [3.05, 3.63) is 60.2 Å². The molecule has 0 radical (unpaired) electrons. The van der Waals surface area contributed by atoms with Crippen LogP contribution in [0.2, 0.25) is 0 Å². The van der Waals surface area contributed by atoms with Gasteiger partial charge in [-0.05, 0) is 24.0 Å². The fraction of sp³-hybridized carbons (Fsp3) is 0.176. The summed E-state index contributed by atoms with van der Waals surface area (Å²) in [5.74, 6) is -0.383. The van der Waals surface area contributed by atoms with Crippen LogP contribution in [0.4, 0.5) is 10.5 Å². The number of amides is 3. The van der Waals surface area contributed by atoms with E-state index in [1.165, 1.54) is 0 Å². The van der Waals surface area contributed by atoms with Crippen LogP contribution in [0.15, 0.2) is 59.5 Å². The number of hydrogen-bond donors (Lipinski definition) is 3. The predicted molar refractivity (Wildman–Crippen MR) is 93.5 cm³/mol. The Morgan fingerprint density at radius 1 is 1.00 bits per heavy atom. The Kier molecular flexibility index (Phi) is 6.50. The molecule has 120 valence electrons. The average Bonchev–Trinajstić information content (AvgIpc) is 2.59. The molecule has 2 aromatic carbocycles. The number of anilines is 1. The fourth-order valence-corrected chi connectivity index (χ4v) is 2.53. The van der Waals surface area contributed by atoms with Gasteiger partial charge in [0.15, 0.2) is 0 Å². The van der Waals surface area contributed by atoms with Crippen molar-refractivity contribution in [1.29, 1.82) is 0 Å². The average molecular weight is 329 g/mol. The molecule has 0 heterocycles. The zero-order valence-electron chi connectivity index (χ0n) is 12.8. The molecule has 0 saturated heterocycles. The molecule has 3 N–H and O–H groups in total. The molecule has 0 spiro atoms. The van der Waals surface area contributed by atoms with E-state index < -0.39 is 6.03 Å². The SMILES string of the molecule is CSc1ccccc1NCC(=O)NC(=O)NCc1ccccc1. The minimum absolute atomic E-state index is 0.0380. The van der Waals surface area contributed by atoms with Crippen LogP contribution < -0.4 is 16.0 Å². The summed E-state index contributed by atoms with van der Waals surface area (Å²) >= 11 is 1.59. The first kappa shape index (κ1) is 16.9. The van der Waals surface area contributed by atoms with Crippen molar-refractivity contribution < 1.29 is 9.59 Å². The molecule has 0 bridgehead atoms. The summed E-state index contributed by atoms with van der Waals surface area (Å²) in [4.78, 5) is 24.5. The molecule has 2 rings (SSSR count). The Hall–Kier alpha value is -2.47. The first-order valence-electron chi connectivity index (χ1n) is 7.17. The van der Waals surface area contributed by atoms with E-state index in [1.807, 2.05) is 60.9 Å². The van der Waals surface area contributed by atoms with Gasteiger partial charge in [-0.1, -0.05) is 42.5 Å². The third kappa shape index (κ3) is 5.67. The number of benzene rings is 2. The minimum Gasteiger partial charge on any atom is -0.375 e. The molecule has 0 fully saturated rings. The quantitative estimate of drug-likeness (QED) is 0.713. The minimum atomic E-state index is -0.501. The number of thioether (sulfide) groups is 1. The third-order valence-electron chi connectivity index (χ3n) is 3.10. The summed E-state index contributed by atoms with van der Waals surface area (Å²) in [5.41, 5.74) is 1.85. The van der Waals surface area contributed by atoms with Gasteiger partial charge in [-0.3, -0.25) is 10.1 Å².